The fourth-order valence-electron chi connectivity index (χ4n) is 1.92. The van der Waals surface area contributed by atoms with Gasteiger partial charge >= 0.3 is 0 Å². The molecule has 2 rings (SSSR count). The number of rotatable bonds is 8. The van der Waals surface area contributed by atoms with Gasteiger partial charge in [0, 0.05) is 43.2 Å². The van der Waals surface area contributed by atoms with Crippen LogP contribution in [0, 0.1) is 11.3 Å². The molecule has 0 aromatic carbocycles. The monoisotopic (exact) mass is 264 g/mol. The summed E-state index contributed by atoms with van der Waals surface area (Å²) in [5, 5.41) is 13.0. The average Bonchev–Trinajstić information content (AvgIpc) is 3.13. The molecule has 0 radical (unpaired) electrons. The third-order valence-electron chi connectivity index (χ3n) is 3.01. The second-order valence-electron chi connectivity index (χ2n) is 4.67. The molecule has 0 saturated heterocycles. The molecule has 0 amide bonds. The first-order valence-corrected chi connectivity index (χ1v) is 7.44. The molecule has 1 fully saturated rings. The van der Waals surface area contributed by atoms with Gasteiger partial charge in [0.25, 0.3) is 0 Å². The third-order valence-corrected chi connectivity index (χ3v) is 3.95. The van der Waals surface area contributed by atoms with Crippen molar-refractivity contribution >= 4 is 16.5 Å². The highest BCUT2D eigenvalue weighted by atomic mass is 32.1. The van der Waals surface area contributed by atoms with Crippen LogP contribution in [-0.2, 0) is 6.54 Å². The van der Waals surface area contributed by atoms with Gasteiger partial charge in [-0.3, -0.25) is 4.90 Å². The van der Waals surface area contributed by atoms with Crippen LogP contribution in [-0.4, -0.2) is 29.0 Å². The van der Waals surface area contributed by atoms with E-state index >= 15 is 0 Å². The first-order valence-electron chi connectivity index (χ1n) is 6.63. The Hall–Kier alpha value is -1.12. The summed E-state index contributed by atoms with van der Waals surface area (Å²) in [5.74, 6) is 0. The highest BCUT2D eigenvalue weighted by Crippen LogP contribution is 2.30. The van der Waals surface area contributed by atoms with E-state index in [1.807, 2.05) is 6.20 Å². The molecule has 0 spiro atoms. The van der Waals surface area contributed by atoms with Gasteiger partial charge in [0.05, 0.1) is 6.07 Å². The Morgan fingerprint density at radius 2 is 2.44 bits per heavy atom. The molecule has 0 atom stereocenters. The molecule has 1 aliphatic carbocycles. The summed E-state index contributed by atoms with van der Waals surface area (Å²) in [5.41, 5.74) is 0. The van der Waals surface area contributed by atoms with E-state index in [0.29, 0.717) is 12.5 Å². The van der Waals surface area contributed by atoms with E-state index in [1.54, 1.807) is 11.3 Å². The number of thiazole rings is 1. The van der Waals surface area contributed by atoms with Gasteiger partial charge in [-0.05, 0) is 19.3 Å². The van der Waals surface area contributed by atoms with Crippen LogP contribution in [0.2, 0.25) is 0 Å². The molecule has 1 aromatic heterocycles. The first-order chi connectivity index (χ1) is 8.83. The lowest BCUT2D eigenvalue weighted by Gasteiger charge is -2.19. The predicted molar refractivity (Wildman–Crippen MR) is 74.6 cm³/mol. The molecule has 0 unspecified atom stereocenters. The van der Waals surface area contributed by atoms with Crippen LogP contribution < -0.4 is 5.32 Å². The van der Waals surface area contributed by atoms with Crippen molar-refractivity contribution in [2.24, 2.45) is 0 Å². The zero-order chi connectivity index (χ0) is 12.8. The Morgan fingerprint density at radius 3 is 3.11 bits per heavy atom. The van der Waals surface area contributed by atoms with Crippen LogP contribution in [0.15, 0.2) is 6.20 Å². The van der Waals surface area contributed by atoms with E-state index in [1.165, 1.54) is 17.7 Å². The highest BCUT2D eigenvalue weighted by Gasteiger charge is 2.28. The van der Waals surface area contributed by atoms with Crippen molar-refractivity contribution in [2.45, 2.75) is 45.2 Å². The summed E-state index contributed by atoms with van der Waals surface area (Å²) in [4.78, 5) is 8.09. The van der Waals surface area contributed by atoms with Crippen molar-refractivity contribution in [1.82, 2.24) is 9.88 Å². The van der Waals surface area contributed by atoms with Crippen molar-refractivity contribution < 1.29 is 0 Å². The number of anilines is 1. The molecule has 98 valence electrons. The number of aromatic nitrogens is 1. The van der Waals surface area contributed by atoms with Crippen LogP contribution >= 0.6 is 11.3 Å². The normalized spacial score (nSPS) is 14.7. The van der Waals surface area contributed by atoms with E-state index in [0.717, 1.165) is 31.2 Å². The summed E-state index contributed by atoms with van der Waals surface area (Å²) in [6.07, 6.45) is 6.27. The molecular weight excluding hydrogens is 244 g/mol. The maximum atomic E-state index is 8.69. The smallest absolute Gasteiger partial charge is 0.182 e. The summed E-state index contributed by atoms with van der Waals surface area (Å²) < 4.78 is 0. The second kappa shape index (κ2) is 6.72. The van der Waals surface area contributed by atoms with Crippen molar-refractivity contribution in [3.8, 4) is 6.07 Å². The van der Waals surface area contributed by atoms with Crippen LogP contribution in [0.3, 0.4) is 0 Å². The van der Waals surface area contributed by atoms with E-state index < -0.39 is 0 Å². The Balaban J connectivity index is 1.86. The lowest BCUT2D eigenvalue weighted by molar-refractivity contribution is 0.263. The van der Waals surface area contributed by atoms with Gasteiger partial charge in [-0.1, -0.05) is 6.92 Å². The van der Waals surface area contributed by atoms with Crippen molar-refractivity contribution in [3.63, 3.8) is 0 Å². The number of nitrogens with one attached hydrogen (secondary N) is 1. The molecule has 0 bridgehead atoms. The number of hydrogen-bond acceptors (Lipinski definition) is 5. The molecule has 5 heteroatoms. The SMILES string of the molecule is CCCNc1ncc(CN(CCC#N)C2CC2)s1. The molecule has 1 N–H and O–H groups in total. The van der Waals surface area contributed by atoms with Gasteiger partial charge in [0.15, 0.2) is 5.13 Å². The van der Waals surface area contributed by atoms with Crippen molar-refractivity contribution in [2.75, 3.05) is 18.4 Å². The van der Waals surface area contributed by atoms with E-state index in [-0.39, 0.29) is 0 Å². The Bertz CT molecular complexity index is 405. The molecule has 1 aliphatic rings. The van der Waals surface area contributed by atoms with E-state index in [2.05, 4.69) is 28.2 Å². The predicted octanol–water partition coefficient (Wildman–Crippen LogP) is 2.84. The molecule has 4 nitrogen and oxygen atoms in total. The fraction of sp³-hybridized carbons (Fsp3) is 0.692. The Labute approximate surface area is 113 Å². The maximum absolute atomic E-state index is 8.69. The van der Waals surface area contributed by atoms with E-state index in [9.17, 15) is 0 Å². The van der Waals surface area contributed by atoms with Crippen LogP contribution in [0.5, 0.6) is 0 Å². The molecule has 0 aliphatic heterocycles. The summed E-state index contributed by atoms with van der Waals surface area (Å²) in [6.45, 7) is 4.96. The molecule has 1 heterocycles. The van der Waals surface area contributed by atoms with Crippen LogP contribution in [0.1, 0.15) is 37.5 Å². The highest BCUT2D eigenvalue weighted by molar-refractivity contribution is 7.15. The van der Waals surface area contributed by atoms with Gasteiger partial charge < -0.3 is 5.32 Å². The number of nitriles is 1. The van der Waals surface area contributed by atoms with Crippen molar-refractivity contribution in [1.29, 1.82) is 5.26 Å². The molecular formula is C13H20N4S. The second-order valence-corrected chi connectivity index (χ2v) is 5.78. The summed E-state index contributed by atoms with van der Waals surface area (Å²) in [7, 11) is 0. The van der Waals surface area contributed by atoms with Crippen molar-refractivity contribution in [3.05, 3.63) is 11.1 Å². The van der Waals surface area contributed by atoms with Crippen LogP contribution in [0.25, 0.3) is 0 Å². The lowest BCUT2D eigenvalue weighted by atomic mass is 10.3. The summed E-state index contributed by atoms with van der Waals surface area (Å²) >= 11 is 1.73. The minimum absolute atomic E-state index is 0.621. The van der Waals surface area contributed by atoms with Gasteiger partial charge in [-0.2, -0.15) is 5.26 Å². The van der Waals surface area contributed by atoms with Gasteiger partial charge in [0.2, 0.25) is 0 Å². The standard InChI is InChI=1S/C13H20N4S/c1-2-7-15-13-16-9-12(18-13)10-17(8-3-6-14)11-4-5-11/h9,11H,2-5,7-8,10H2,1H3,(H,15,16). The zero-order valence-corrected chi connectivity index (χ0v) is 11.7. The zero-order valence-electron chi connectivity index (χ0n) is 10.9. The third kappa shape index (κ3) is 3.97. The van der Waals surface area contributed by atoms with Crippen LogP contribution in [0.4, 0.5) is 5.13 Å². The quantitative estimate of drug-likeness (QED) is 0.784. The van der Waals surface area contributed by atoms with Gasteiger partial charge in [0.1, 0.15) is 0 Å². The molecule has 1 aromatic rings. The minimum atomic E-state index is 0.621. The molecule has 18 heavy (non-hydrogen) atoms. The fourth-order valence-corrected chi connectivity index (χ4v) is 2.78. The van der Waals surface area contributed by atoms with Gasteiger partial charge in [-0.25, -0.2) is 4.98 Å². The summed E-state index contributed by atoms with van der Waals surface area (Å²) in [6, 6.07) is 2.93. The van der Waals surface area contributed by atoms with Gasteiger partial charge in [-0.15, -0.1) is 11.3 Å². The minimum Gasteiger partial charge on any atom is -0.362 e. The molecule has 1 saturated carbocycles. The Kier molecular flexibility index (Phi) is 4.97. The topological polar surface area (TPSA) is 52.0 Å². The number of nitrogens with zero attached hydrogens (tertiary/aromatic N) is 3. The maximum Gasteiger partial charge on any atom is 0.182 e. The Morgan fingerprint density at radius 1 is 1.61 bits per heavy atom. The average molecular weight is 264 g/mol. The largest absolute Gasteiger partial charge is 0.362 e. The number of hydrogen-bond donors (Lipinski definition) is 1. The lowest BCUT2D eigenvalue weighted by Crippen LogP contribution is -2.26. The van der Waals surface area contributed by atoms with E-state index in [4.69, 9.17) is 5.26 Å². The first kappa shape index (κ1) is 13.3.